The number of anilines is 1. The van der Waals surface area contributed by atoms with Crippen LogP contribution < -0.4 is 15.4 Å². The lowest BCUT2D eigenvalue weighted by Crippen LogP contribution is -2.34. The molecule has 0 unspecified atom stereocenters. The summed E-state index contributed by atoms with van der Waals surface area (Å²) in [7, 11) is 0. The number of halogens is 3. The van der Waals surface area contributed by atoms with Gasteiger partial charge in [0.05, 0.1) is 17.2 Å². The van der Waals surface area contributed by atoms with Crippen molar-refractivity contribution in [3.8, 4) is 17.2 Å². The van der Waals surface area contributed by atoms with Crippen molar-refractivity contribution in [1.29, 1.82) is 0 Å². The number of alkyl halides is 3. The van der Waals surface area contributed by atoms with Crippen molar-refractivity contribution in [2.45, 2.75) is 39.3 Å². The Morgan fingerprint density at radius 1 is 1.27 bits per heavy atom. The predicted octanol–water partition coefficient (Wildman–Crippen LogP) is 5.82. The normalized spacial score (nSPS) is 11.3. The fraction of sp³-hybridized carbons (Fsp3) is 0.333. The average Bonchev–Trinajstić information content (AvgIpc) is 3.40. The summed E-state index contributed by atoms with van der Waals surface area (Å²) in [6.45, 7) is 4.02. The lowest BCUT2D eigenvalue weighted by molar-refractivity contribution is -0.138. The van der Waals surface area contributed by atoms with Gasteiger partial charge >= 0.3 is 6.18 Å². The third-order valence-electron chi connectivity index (χ3n) is 4.39. The first-order chi connectivity index (χ1) is 15.7. The first-order valence-electron chi connectivity index (χ1n) is 10.0. The van der Waals surface area contributed by atoms with Crippen LogP contribution in [0.3, 0.4) is 0 Å². The van der Waals surface area contributed by atoms with Crippen LogP contribution in [0.1, 0.15) is 47.2 Å². The molecule has 1 amide bonds. The van der Waals surface area contributed by atoms with Crippen molar-refractivity contribution in [2.24, 2.45) is 0 Å². The zero-order valence-electron chi connectivity index (χ0n) is 17.8. The van der Waals surface area contributed by atoms with Crippen molar-refractivity contribution < 1.29 is 27.2 Å². The zero-order valence-corrected chi connectivity index (χ0v) is 19.4. The SMILES string of the molecule is CCCCCOc1ccc(NC(=S)NC(=O)c2cc(-c3csc(C)n3)on2)cc1C(F)(F)F. The molecule has 0 saturated carbocycles. The Bertz CT molecular complexity index is 1130. The number of ether oxygens (including phenoxy) is 1. The highest BCUT2D eigenvalue weighted by atomic mass is 32.1. The molecule has 0 aliphatic heterocycles. The van der Waals surface area contributed by atoms with Crippen molar-refractivity contribution in [2.75, 3.05) is 11.9 Å². The molecule has 1 aromatic carbocycles. The molecule has 0 aliphatic carbocycles. The molecule has 2 N–H and O–H groups in total. The second kappa shape index (κ2) is 10.8. The number of hydrogen-bond donors (Lipinski definition) is 2. The van der Waals surface area contributed by atoms with Gasteiger partial charge in [-0.1, -0.05) is 24.9 Å². The topological polar surface area (TPSA) is 89.3 Å². The molecule has 176 valence electrons. The molecular weight excluding hydrogens is 477 g/mol. The van der Waals surface area contributed by atoms with Crippen molar-refractivity contribution in [3.05, 3.63) is 45.9 Å². The summed E-state index contributed by atoms with van der Waals surface area (Å²) < 4.78 is 50.9. The van der Waals surface area contributed by atoms with Crippen LogP contribution >= 0.6 is 23.6 Å². The van der Waals surface area contributed by atoms with Gasteiger partial charge in [-0.25, -0.2) is 4.98 Å². The highest BCUT2D eigenvalue weighted by molar-refractivity contribution is 7.80. The van der Waals surface area contributed by atoms with Crippen molar-refractivity contribution >= 4 is 40.3 Å². The average molecular weight is 499 g/mol. The van der Waals surface area contributed by atoms with E-state index < -0.39 is 17.6 Å². The number of unbranched alkanes of at least 4 members (excludes halogenated alkanes) is 2. The quantitative estimate of drug-likeness (QED) is 0.299. The van der Waals surface area contributed by atoms with Crippen molar-refractivity contribution in [3.63, 3.8) is 0 Å². The van der Waals surface area contributed by atoms with E-state index in [0.717, 1.165) is 23.9 Å². The standard InChI is InChI=1S/C21H21F3N4O3S2/c1-3-4-5-8-30-17-7-6-13(9-14(17)21(22,23)24)26-20(32)27-19(29)15-10-18(31-28-15)16-11-33-12(2)25-16/h6-7,9-11H,3-5,8H2,1-2H3,(H2,26,27,29,32). The maximum absolute atomic E-state index is 13.5. The van der Waals surface area contributed by atoms with Gasteiger partial charge in [-0.05, 0) is 43.8 Å². The second-order valence-electron chi connectivity index (χ2n) is 7.00. The fourth-order valence-corrected chi connectivity index (χ4v) is 3.61. The Morgan fingerprint density at radius 3 is 2.73 bits per heavy atom. The molecule has 3 aromatic rings. The summed E-state index contributed by atoms with van der Waals surface area (Å²) in [5.41, 5.74) is -0.391. The number of aryl methyl sites for hydroxylation is 1. The summed E-state index contributed by atoms with van der Waals surface area (Å²) in [6, 6.07) is 4.90. The minimum absolute atomic E-state index is 0.0484. The molecule has 0 aliphatic rings. The van der Waals surface area contributed by atoms with Crippen LogP contribution in [0.15, 0.2) is 34.2 Å². The number of nitrogens with zero attached hydrogens (tertiary/aromatic N) is 2. The molecule has 2 aromatic heterocycles. The van der Waals surface area contributed by atoms with Gasteiger partial charge in [-0.3, -0.25) is 10.1 Å². The largest absolute Gasteiger partial charge is 0.493 e. The highest BCUT2D eigenvalue weighted by Crippen LogP contribution is 2.38. The number of amides is 1. The molecule has 0 bridgehead atoms. The molecule has 2 heterocycles. The molecule has 0 atom stereocenters. The molecule has 7 nitrogen and oxygen atoms in total. The lowest BCUT2D eigenvalue weighted by atomic mass is 10.1. The van der Waals surface area contributed by atoms with E-state index in [4.69, 9.17) is 21.5 Å². The van der Waals surface area contributed by atoms with Gasteiger partial charge in [-0.2, -0.15) is 13.2 Å². The van der Waals surface area contributed by atoms with Crippen LogP contribution in [0.25, 0.3) is 11.5 Å². The van der Waals surface area contributed by atoms with Crippen LogP contribution in [-0.2, 0) is 6.18 Å². The molecular formula is C21H21F3N4O3S2. The summed E-state index contributed by atoms with van der Waals surface area (Å²) in [5.74, 6) is -0.624. The number of aromatic nitrogens is 2. The number of carbonyl (C=O) groups is 1. The predicted molar refractivity (Wildman–Crippen MR) is 122 cm³/mol. The number of thiazole rings is 1. The monoisotopic (exact) mass is 498 g/mol. The number of nitrogens with one attached hydrogen (secondary N) is 2. The maximum Gasteiger partial charge on any atom is 0.420 e. The van der Waals surface area contributed by atoms with E-state index in [1.54, 1.807) is 5.38 Å². The highest BCUT2D eigenvalue weighted by Gasteiger charge is 2.35. The van der Waals surface area contributed by atoms with Gasteiger partial charge in [-0.15, -0.1) is 11.3 Å². The lowest BCUT2D eigenvalue weighted by Gasteiger charge is -2.16. The van der Waals surface area contributed by atoms with Crippen LogP contribution in [0.4, 0.5) is 18.9 Å². The van der Waals surface area contributed by atoms with Gasteiger partial charge in [0.2, 0.25) is 0 Å². The minimum Gasteiger partial charge on any atom is -0.493 e. The smallest absolute Gasteiger partial charge is 0.420 e. The van der Waals surface area contributed by atoms with E-state index in [9.17, 15) is 18.0 Å². The summed E-state index contributed by atoms with van der Waals surface area (Å²) in [4.78, 5) is 16.6. The third kappa shape index (κ3) is 6.75. The first-order valence-corrected chi connectivity index (χ1v) is 11.3. The number of hydrogen-bond acceptors (Lipinski definition) is 7. The van der Waals surface area contributed by atoms with E-state index in [1.165, 1.54) is 29.5 Å². The zero-order chi connectivity index (χ0) is 24.0. The van der Waals surface area contributed by atoms with Crippen LogP contribution in [0, 0.1) is 6.92 Å². The molecule has 3 rings (SSSR count). The van der Waals surface area contributed by atoms with Crippen LogP contribution in [0.2, 0.25) is 0 Å². The first kappa shape index (κ1) is 24.6. The van der Waals surface area contributed by atoms with E-state index >= 15 is 0 Å². The van der Waals surface area contributed by atoms with E-state index in [1.807, 2.05) is 13.8 Å². The molecule has 0 spiro atoms. The van der Waals surface area contributed by atoms with Gasteiger partial charge in [0, 0.05) is 17.1 Å². The summed E-state index contributed by atoms with van der Waals surface area (Å²) in [5, 5.41) is 11.0. The fourth-order valence-electron chi connectivity index (χ4n) is 2.80. The minimum atomic E-state index is -4.62. The third-order valence-corrected chi connectivity index (χ3v) is 5.37. The molecule has 0 saturated heterocycles. The molecule has 0 radical (unpaired) electrons. The number of carbonyl (C=O) groups excluding carboxylic acids is 1. The Morgan fingerprint density at radius 2 is 2.06 bits per heavy atom. The summed E-state index contributed by atoms with van der Waals surface area (Å²) >= 11 is 6.48. The van der Waals surface area contributed by atoms with Crippen LogP contribution in [0.5, 0.6) is 5.75 Å². The van der Waals surface area contributed by atoms with E-state index in [-0.39, 0.29) is 28.9 Å². The Kier molecular flexibility index (Phi) is 8.03. The van der Waals surface area contributed by atoms with Gasteiger partial charge in [0.1, 0.15) is 11.4 Å². The number of benzene rings is 1. The van der Waals surface area contributed by atoms with Crippen molar-refractivity contribution in [1.82, 2.24) is 15.5 Å². The molecule has 0 fully saturated rings. The second-order valence-corrected chi connectivity index (χ2v) is 8.47. The van der Waals surface area contributed by atoms with Gasteiger partial charge in [0.15, 0.2) is 16.6 Å². The Balaban J connectivity index is 1.64. The Hall–Kier alpha value is -2.99. The van der Waals surface area contributed by atoms with Gasteiger partial charge in [0.25, 0.3) is 5.91 Å². The number of thiocarbonyl (C=S) groups is 1. The Labute approximate surface area is 197 Å². The molecule has 33 heavy (non-hydrogen) atoms. The summed E-state index contributed by atoms with van der Waals surface area (Å²) in [6.07, 6.45) is -2.16. The molecule has 12 heteroatoms. The van der Waals surface area contributed by atoms with E-state index in [2.05, 4.69) is 20.8 Å². The van der Waals surface area contributed by atoms with Gasteiger partial charge < -0.3 is 14.6 Å². The number of rotatable bonds is 8. The van der Waals surface area contributed by atoms with E-state index in [0.29, 0.717) is 17.9 Å². The van der Waals surface area contributed by atoms with Crippen LogP contribution in [-0.4, -0.2) is 27.8 Å². The maximum atomic E-state index is 13.5.